The highest BCUT2D eigenvalue weighted by molar-refractivity contribution is 8.13. The zero-order chi connectivity index (χ0) is 12.8. The number of aliphatic hydroxyl groups is 2. The fourth-order valence-corrected chi connectivity index (χ4v) is 1.89. The van der Waals surface area contributed by atoms with Crippen molar-refractivity contribution in [3.05, 3.63) is 29.8 Å². The molecule has 17 heavy (non-hydrogen) atoms. The van der Waals surface area contributed by atoms with Crippen LogP contribution >= 0.6 is 11.8 Å². The van der Waals surface area contributed by atoms with Gasteiger partial charge in [-0.1, -0.05) is 11.8 Å². The van der Waals surface area contributed by atoms with Gasteiger partial charge in [0, 0.05) is 12.7 Å². The van der Waals surface area contributed by atoms with E-state index >= 15 is 0 Å². The van der Waals surface area contributed by atoms with Gasteiger partial charge in [0.1, 0.15) is 11.9 Å². The number of aliphatic hydroxyl groups excluding tert-OH is 2. The number of hydrogen-bond donors (Lipinski definition) is 2. The summed E-state index contributed by atoms with van der Waals surface area (Å²) in [5.74, 6) is -0.0723. The Kier molecular flexibility index (Phi) is 5.54. The fraction of sp³-hybridized carbons (Fsp3) is 0.455. The van der Waals surface area contributed by atoms with Gasteiger partial charge in [0.15, 0.2) is 5.12 Å². The molecule has 6 heteroatoms. The van der Waals surface area contributed by atoms with Crippen LogP contribution < -0.4 is 0 Å². The summed E-state index contributed by atoms with van der Waals surface area (Å²) in [6, 6.07) is 2.49. The molecule has 0 aliphatic carbocycles. The number of carbonyl (C=O) groups excluding carboxylic acids is 1. The molecule has 2 unspecified atom stereocenters. The van der Waals surface area contributed by atoms with Crippen molar-refractivity contribution in [2.24, 2.45) is 0 Å². The van der Waals surface area contributed by atoms with Crippen molar-refractivity contribution in [2.45, 2.75) is 25.6 Å². The van der Waals surface area contributed by atoms with E-state index < -0.39 is 18.0 Å². The van der Waals surface area contributed by atoms with Gasteiger partial charge in [-0.15, -0.1) is 0 Å². The second-order valence-electron chi connectivity index (χ2n) is 3.54. The summed E-state index contributed by atoms with van der Waals surface area (Å²) in [7, 11) is 0. The Morgan fingerprint density at radius 2 is 2.24 bits per heavy atom. The predicted molar refractivity (Wildman–Crippen MR) is 62.9 cm³/mol. The fourth-order valence-electron chi connectivity index (χ4n) is 1.24. The van der Waals surface area contributed by atoms with Crippen molar-refractivity contribution < 1.29 is 19.4 Å². The van der Waals surface area contributed by atoms with Crippen LogP contribution in [0.2, 0.25) is 0 Å². The molecule has 0 bridgehead atoms. The van der Waals surface area contributed by atoms with Crippen molar-refractivity contribution in [1.82, 2.24) is 4.98 Å². The summed E-state index contributed by atoms with van der Waals surface area (Å²) in [4.78, 5) is 14.4. The molecule has 1 aromatic rings. The Morgan fingerprint density at radius 1 is 1.53 bits per heavy atom. The molecule has 1 heterocycles. The zero-order valence-electron chi connectivity index (χ0n) is 9.34. The molecule has 1 rings (SSSR count). The van der Waals surface area contributed by atoms with Gasteiger partial charge < -0.3 is 10.2 Å². The molecule has 0 aliphatic heterocycles. The third kappa shape index (κ3) is 4.80. The lowest BCUT2D eigenvalue weighted by Crippen LogP contribution is -2.20. The van der Waals surface area contributed by atoms with Gasteiger partial charge >= 0.3 is 0 Å². The van der Waals surface area contributed by atoms with Crippen molar-refractivity contribution in [3.8, 4) is 0 Å². The largest absolute Gasteiger partial charge is 0.390 e. The zero-order valence-corrected chi connectivity index (χ0v) is 10.2. The Morgan fingerprint density at radius 3 is 2.76 bits per heavy atom. The average Bonchev–Trinajstić information content (AvgIpc) is 2.28. The summed E-state index contributed by atoms with van der Waals surface area (Å²) in [5, 5.41) is 19.3. The van der Waals surface area contributed by atoms with Crippen molar-refractivity contribution in [2.75, 3.05) is 5.75 Å². The monoisotopic (exact) mass is 259 g/mol. The first-order valence-corrected chi connectivity index (χ1v) is 6.10. The molecule has 4 nitrogen and oxygen atoms in total. The van der Waals surface area contributed by atoms with Gasteiger partial charge in [0.25, 0.3) is 0 Å². The Balaban J connectivity index is 2.48. The van der Waals surface area contributed by atoms with Crippen LogP contribution in [0.3, 0.4) is 0 Å². The minimum absolute atomic E-state index is 0.0356. The van der Waals surface area contributed by atoms with Crippen LogP contribution in [0.1, 0.15) is 25.1 Å². The molecule has 0 fully saturated rings. The van der Waals surface area contributed by atoms with Crippen LogP contribution in [0.25, 0.3) is 0 Å². The number of halogens is 1. The maximum absolute atomic E-state index is 12.6. The number of pyridine rings is 1. The molecule has 0 aliphatic rings. The highest BCUT2D eigenvalue weighted by Crippen LogP contribution is 2.18. The highest BCUT2D eigenvalue weighted by Gasteiger charge is 2.19. The van der Waals surface area contributed by atoms with Crippen molar-refractivity contribution in [3.63, 3.8) is 0 Å². The molecule has 0 radical (unpaired) electrons. The maximum atomic E-state index is 12.6. The van der Waals surface area contributed by atoms with Crippen molar-refractivity contribution >= 4 is 16.9 Å². The number of aromatic nitrogens is 1. The lowest BCUT2D eigenvalue weighted by molar-refractivity contribution is -0.109. The van der Waals surface area contributed by atoms with Gasteiger partial charge in [0.05, 0.1) is 18.0 Å². The molecule has 1 aromatic heterocycles. The summed E-state index contributed by atoms with van der Waals surface area (Å²) < 4.78 is 12.6. The molecule has 2 N–H and O–H groups in total. The van der Waals surface area contributed by atoms with Crippen LogP contribution in [0.15, 0.2) is 18.3 Å². The van der Waals surface area contributed by atoms with Gasteiger partial charge in [-0.3, -0.25) is 9.78 Å². The second kappa shape index (κ2) is 6.68. The van der Waals surface area contributed by atoms with E-state index in [0.29, 0.717) is 5.75 Å². The molecular weight excluding hydrogens is 245 g/mol. The first-order valence-electron chi connectivity index (χ1n) is 5.11. The first kappa shape index (κ1) is 14.1. The smallest absolute Gasteiger partial charge is 0.185 e. The molecule has 0 spiro atoms. The van der Waals surface area contributed by atoms with E-state index in [1.54, 1.807) is 0 Å². The Labute approximate surface area is 103 Å². The number of rotatable bonds is 5. The highest BCUT2D eigenvalue weighted by atomic mass is 32.2. The van der Waals surface area contributed by atoms with E-state index in [4.69, 9.17) is 0 Å². The summed E-state index contributed by atoms with van der Waals surface area (Å²) in [6.45, 7) is 1.44. The number of hydrogen-bond acceptors (Lipinski definition) is 5. The summed E-state index contributed by atoms with van der Waals surface area (Å²) in [6.07, 6.45) is -0.928. The van der Waals surface area contributed by atoms with Crippen LogP contribution in [-0.2, 0) is 4.79 Å². The molecule has 2 atom stereocenters. The molecule has 0 saturated heterocycles. The Bertz CT molecular complexity index is 371. The van der Waals surface area contributed by atoms with Gasteiger partial charge in [-0.05, 0) is 18.6 Å². The number of thioether (sulfide) groups is 1. The number of nitrogens with zero attached hydrogens (tertiary/aromatic N) is 1. The van der Waals surface area contributed by atoms with Crippen LogP contribution in [-0.4, -0.2) is 32.2 Å². The topological polar surface area (TPSA) is 70.4 Å². The Hall–Kier alpha value is -0.980. The summed E-state index contributed by atoms with van der Waals surface area (Å²) in [5.41, 5.74) is 0.215. The van der Waals surface area contributed by atoms with E-state index in [0.717, 1.165) is 18.0 Å². The van der Waals surface area contributed by atoms with Gasteiger partial charge in [0.2, 0.25) is 0 Å². The molecule has 0 saturated carbocycles. The standard InChI is InChI=1S/C11H14FNO3S/c1-7(14)17-5-4-10(15)11(16)9-3-2-8(12)6-13-9/h2-3,6,10-11,15-16H,4-5H2,1H3. The van der Waals surface area contributed by atoms with E-state index in [1.807, 2.05) is 0 Å². The maximum Gasteiger partial charge on any atom is 0.185 e. The summed E-state index contributed by atoms with van der Waals surface area (Å²) >= 11 is 1.08. The molecule has 0 amide bonds. The molecule has 0 aromatic carbocycles. The normalized spacial score (nSPS) is 14.4. The van der Waals surface area contributed by atoms with Crippen LogP contribution in [0.5, 0.6) is 0 Å². The van der Waals surface area contributed by atoms with E-state index in [9.17, 15) is 19.4 Å². The average molecular weight is 259 g/mol. The minimum atomic E-state index is -1.16. The second-order valence-corrected chi connectivity index (χ2v) is 4.81. The third-order valence-corrected chi connectivity index (χ3v) is 2.98. The SMILES string of the molecule is CC(=O)SCCC(O)C(O)c1ccc(F)cn1. The van der Waals surface area contributed by atoms with Gasteiger partial charge in [-0.2, -0.15) is 0 Å². The predicted octanol–water partition coefficient (Wildman–Crippen LogP) is 1.28. The number of carbonyl (C=O) groups is 1. The van der Waals surface area contributed by atoms with E-state index in [2.05, 4.69) is 4.98 Å². The van der Waals surface area contributed by atoms with Crippen LogP contribution in [0.4, 0.5) is 4.39 Å². The quantitative estimate of drug-likeness (QED) is 0.833. The minimum Gasteiger partial charge on any atom is -0.390 e. The lowest BCUT2D eigenvalue weighted by Gasteiger charge is -2.16. The van der Waals surface area contributed by atoms with Crippen molar-refractivity contribution in [1.29, 1.82) is 0 Å². The molecular formula is C11H14FNO3S. The first-order chi connectivity index (χ1) is 8.00. The van der Waals surface area contributed by atoms with E-state index in [-0.39, 0.29) is 17.2 Å². The lowest BCUT2D eigenvalue weighted by atomic mass is 10.1. The van der Waals surface area contributed by atoms with E-state index in [1.165, 1.54) is 19.1 Å². The van der Waals surface area contributed by atoms with Gasteiger partial charge in [-0.25, -0.2) is 4.39 Å². The third-order valence-electron chi connectivity index (χ3n) is 2.14. The van der Waals surface area contributed by atoms with Crippen LogP contribution in [0, 0.1) is 5.82 Å². The molecule has 94 valence electrons.